The van der Waals surface area contributed by atoms with E-state index in [0.717, 1.165) is 30.2 Å². The van der Waals surface area contributed by atoms with Crippen molar-refractivity contribution in [1.29, 1.82) is 0 Å². The Labute approximate surface area is 151 Å². The minimum absolute atomic E-state index is 0.188. The van der Waals surface area contributed by atoms with E-state index in [2.05, 4.69) is 25.4 Å². The summed E-state index contributed by atoms with van der Waals surface area (Å²) in [7, 11) is 0. The summed E-state index contributed by atoms with van der Waals surface area (Å²) in [5, 5.41) is 11.5. The fraction of sp³-hybridized carbons (Fsp3) is 0.263. The van der Waals surface area contributed by atoms with E-state index in [1.807, 2.05) is 30.3 Å². The second kappa shape index (κ2) is 7.35. The molecule has 3 aromatic rings. The lowest BCUT2D eigenvalue weighted by atomic mass is 10.1. The summed E-state index contributed by atoms with van der Waals surface area (Å²) in [5.41, 5.74) is 2.16. The van der Waals surface area contributed by atoms with E-state index < -0.39 is 0 Å². The summed E-state index contributed by atoms with van der Waals surface area (Å²) >= 11 is 0. The van der Waals surface area contributed by atoms with E-state index in [9.17, 15) is 4.79 Å². The molecule has 1 aliphatic rings. The first-order chi connectivity index (χ1) is 12.8. The van der Waals surface area contributed by atoms with Gasteiger partial charge in [-0.15, -0.1) is 10.2 Å². The van der Waals surface area contributed by atoms with Gasteiger partial charge in [-0.1, -0.05) is 12.1 Å². The average molecular weight is 349 g/mol. The molecule has 4 rings (SSSR count). The Morgan fingerprint density at radius 3 is 2.77 bits per heavy atom. The molecule has 1 fully saturated rings. The number of amides is 1. The molecule has 1 saturated heterocycles. The van der Waals surface area contributed by atoms with E-state index in [1.54, 1.807) is 12.3 Å². The van der Waals surface area contributed by atoms with Gasteiger partial charge in [0, 0.05) is 24.2 Å². The molecule has 1 aliphatic heterocycles. The molecule has 1 aromatic carbocycles. The van der Waals surface area contributed by atoms with Crippen molar-refractivity contribution >= 4 is 11.7 Å². The topological polar surface area (TPSA) is 84.2 Å². The largest absolute Gasteiger partial charge is 0.447 e. The minimum atomic E-state index is -0.188. The standard InChI is InChI=1S/C19H19N5O2/c25-19(21-13-18-20-8-11-26-18)15-5-3-4-14(12-15)16-6-7-17(23-22-16)24-9-1-2-10-24/h3-8,11-12H,1-2,9-10,13H2,(H,21,25). The molecule has 0 saturated carbocycles. The van der Waals surface area contributed by atoms with Crippen molar-refractivity contribution in [3.05, 3.63) is 60.3 Å². The first kappa shape index (κ1) is 16.3. The Bertz CT molecular complexity index is 871. The van der Waals surface area contributed by atoms with E-state index in [-0.39, 0.29) is 12.5 Å². The SMILES string of the molecule is O=C(NCc1ncco1)c1cccc(-c2ccc(N3CCCC3)nn2)c1. The third kappa shape index (κ3) is 3.56. The number of hydrogen-bond donors (Lipinski definition) is 1. The Hall–Kier alpha value is -3.22. The number of rotatable bonds is 5. The second-order valence-electron chi connectivity index (χ2n) is 6.16. The zero-order valence-corrected chi connectivity index (χ0v) is 14.3. The Morgan fingerprint density at radius 2 is 2.04 bits per heavy atom. The predicted octanol–water partition coefficient (Wildman–Crippen LogP) is 2.66. The van der Waals surface area contributed by atoms with Gasteiger partial charge in [-0.3, -0.25) is 4.79 Å². The van der Waals surface area contributed by atoms with E-state index in [4.69, 9.17) is 4.42 Å². The van der Waals surface area contributed by atoms with Crippen molar-refractivity contribution in [3.8, 4) is 11.3 Å². The Kier molecular flexibility index (Phi) is 4.59. The lowest BCUT2D eigenvalue weighted by Crippen LogP contribution is -2.22. The minimum Gasteiger partial charge on any atom is -0.447 e. The molecule has 2 aromatic heterocycles. The monoisotopic (exact) mass is 349 g/mol. The molecule has 132 valence electrons. The van der Waals surface area contributed by atoms with E-state index in [0.29, 0.717) is 11.5 Å². The molecule has 0 spiro atoms. The van der Waals surface area contributed by atoms with Gasteiger partial charge in [0.05, 0.1) is 18.4 Å². The number of anilines is 1. The normalized spacial score (nSPS) is 13.8. The van der Waals surface area contributed by atoms with Crippen LogP contribution in [0.1, 0.15) is 29.1 Å². The highest BCUT2D eigenvalue weighted by atomic mass is 16.3. The zero-order valence-electron chi connectivity index (χ0n) is 14.3. The number of nitrogens with one attached hydrogen (secondary N) is 1. The van der Waals surface area contributed by atoms with Gasteiger partial charge in [0.2, 0.25) is 5.89 Å². The summed E-state index contributed by atoms with van der Waals surface area (Å²) in [4.78, 5) is 18.6. The number of hydrogen-bond acceptors (Lipinski definition) is 6. The zero-order chi connectivity index (χ0) is 17.8. The maximum atomic E-state index is 12.3. The lowest BCUT2D eigenvalue weighted by Gasteiger charge is -2.15. The van der Waals surface area contributed by atoms with Crippen LogP contribution in [0, 0.1) is 0 Å². The molecule has 7 nitrogen and oxygen atoms in total. The van der Waals surface area contributed by atoms with Crippen molar-refractivity contribution in [1.82, 2.24) is 20.5 Å². The highest BCUT2D eigenvalue weighted by molar-refractivity contribution is 5.95. The van der Waals surface area contributed by atoms with Gasteiger partial charge >= 0.3 is 0 Å². The van der Waals surface area contributed by atoms with Crippen LogP contribution in [-0.2, 0) is 6.54 Å². The summed E-state index contributed by atoms with van der Waals surface area (Å²) in [6, 6.07) is 11.3. The van der Waals surface area contributed by atoms with Crippen LogP contribution < -0.4 is 10.2 Å². The van der Waals surface area contributed by atoms with Crippen molar-refractivity contribution in [3.63, 3.8) is 0 Å². The number of oxazole rings is 1. The molecular weight excluding hydrogens is 330 g/mol. The van der Waals surface area contributed by atoms with Crippen molar-refractivity contribution in [2.75, 3.05) is 18.0 Å². The number of aromatic nitrogens is 3. The summed E-state index contributed by atoms with van der Waals surface area (Å²) in [6.07, 6.45) is 5.43. The van der Waals surface area contributed by atoms with Crippen LogP contribution >= 0.6 is 0 Å². The molecule has 0 radical (unpaired) electrons. The van der Waals surface area contributed by atoms with Gasteiger partial charge in [-0.25, -0.2) is 4.98 Å². The van der Waals surface area contributed by atoms with Crippen LogP contribution in [-0.4, -0.2) is 34.2 Å². The highest BCUT2D eigenvalue weighted by Gasteiger charge is 2.14. The van der Waals surface area contributed by atoms with Crippen LogP contribution in [0.2, 0.25) is 0 Å². The number of carbonyl (C=O) groups excluding carboxylic acids is 1. The van der Waals surface area contributed by atoms with Gasteiger partial charge in [-0.05, 0) is 37.1 Å². The van der Waals surface area contributed by atoms with Crippen LogP contribution in [0.4, 0.5) is 5.82 Å². The predicted molar refractivity (Wildman–Crippen MR) is 96.6 cm³/mol. The Balaban J connectivity index is 1.47. The van der Waals surface area contributed by atoms with Gasteiger partial charge in [0.25, 0.3) is 5.91 Å². The molecule has 7 heteroatoms. The molecule has 0 bridgehead atoms. The van der Waals surface area contributed by atoms with Gasteiger partial charge in [0.1, 0.15) is 6.26 Å². The van der Waals surface area contributed by atoms with Crippen LogP contribution in [0.3, 0.4) is 0 Å². The molecule has 0 unspecified atom stereocenters. The maximum absolute atomic E-state index is 12.3. The second-order valence-corrected chi connectivity index (χ2v) is 6.16. The fourth-order valence-electron chi connectivity index (χ4n) is 3.01. The van der Waals surface area contributed by atoms with Gasteiger partial charge in [-0.2, -0.15) is 0 Å². The van der Waals surface area contributed by atoms with Crippen molar-refractivity contribution in [2.24, 2.45) is 0 Å². The molecule has 0 atom stereocenters. The van der Waals surface area contributed by atoms with Crippen molar-refractivity contribution in [2.45, 2.75) is 19.4 Å². The number of carbonyl (C=O) groups is 1. The molecule has 1 amide bonds. The third-order valence-corrected chi connectivity index (χ3v) is 4.38. The van der Waals surface area contributed by atoms with Gasteiger partial charge < -0.3 is 14.6 Å². The molecule has 1 N–H and O–H groups in total. The van der Waals surface area contributed by atoms with Crippen LogP contribution in [0.15, 0.2) is 53.3 Å². The van der Waals surface area contributed by atoms with Crippen molar-refractivity contribution < 1.29 is 9.21 Å². The molecule has 3 heterocycles. The smallest absolute Gasteiger partial charge is 0.251 e. The molecule has 26 heavy (non-hydrogen) atoms. The summed E-state index contributed by atoms with van der Waals surface area (Å²) in [6.45, 7) is 2.32. The van der Waals surface area contributed by atoms with Crippen LogP contribution in [0.25, 0.3) is 11.3 Å². The van der Waals surface area contributed by atoms with Crippen LogP contribution in [0.5, 0.6) is 0 Å². The average Bonchev–Trinajstić information content (AvgIpc) is 3.40. The Morgan fingerprint density at radius 1 is 1.15 bits per heavy atom. The van der Waals surface area contributed by atoms with E-state index in [1.165, 1.54) is 19.1 Å². The summed E-state index contributed by atoms with van der Waals surface area (Å²) in [5.74, 6) is 1.19. The van der Waals surface area contributed by atoms with Gasteiger partial charge in [0.15, 0.2) is 5.82 Å². The lowest BCUT2D eigenvalue weighted by molar-refractivity contribution is 0.0947. The van der Waals surface area contributed by atoms with E-state index >= 15 is 0 Å². The quantitative estimate of drug-likeness (QED) is 0.762. The first-order valence-electron chi connectivity index (χ1n) is 8.65. The number of benzene rings is 1. The maximum Gasteiger partial charge on any atom is 0.251 e. The fourth-order valence-corrected chi connectivity index (χ4v) is 3.01. The summed E-state index contributed by atoms with van der Waals surface area (Å²) < 4.78 is 5.12. The molecule has 0 aliphatic carbocycles. The highest BCUT2D eigenvalue weighted by Crippen LogP contribution is 2.21. The first-order valence-corrected chi connectivity index (χ1v) is 8.65. The third-order valence-electron chi connectivity index (χ3n) is 4.38. The molecular formula is C19H19N5O2. The number of nitrogens with zero attached hydrogens (tertiary/aromatic N) is 4.